The first-order chi connectivity index (χ1) is 17.6. The minimum atomic E-state index is -0.702. The summed E-state index contributed by atoms with van der Waals surface area (Å²) < 4.78 is 5.85. The van der Waals surface area contributed by atoms with Gasteiger partial charge in [0.15, 0.2) is 5.58 Å². The van der Waals surface area contributed by atoms with Crippen LogP contribution in [0.1, 0.15) is 64.2 Å². The Labute approximate surface area is 210 Å². The maximum Gasteiger partial charge on any atom is 0.257 e. The number of rotatable bonds is 5. The fraction of sp³-hybridized carbons (Fsp3) is 0.448. The van der Waals surface area contributed by atoms with Crippen LogP contribution in [-0.4, -0.2) is 39.7 Å². The molecule has 36 heavy (non-hydrogen) atoms. The molecule has 1 aromatic heterocycles. The van der Waals surface area contributed by atoms with Crippen molar-refractivity contribution in [2.45, 2.75) is 76.3 Å². The Kier molecular flexibility index (Phi) is 6.07. The molecule has 1 atom stereocenters. The van der Waals surface area contributed by atoms with E-state index in [1.54, 1.807) is 12.1 Å². The summed E-state index contributed by atoms with van der Waals surface area (Å²) in [6, 6.07) is 14.1. The van der Waals surface area contributed by atoms with Crippen molar-refractivity contribution < 1.29 is 18.8 Å². The molecular formula is C29H31N3O4. The molecule has 1 unspecified atom stereocenters. The van der Waals surface area contributed by atoms with Gasteiger partial charge in [0.1, 0.15) is 11.6 Å². The van der Waals surface area contributed by atoms with Crippen molar-refractivity contribution in [2.24, 2.45) is 5.92 Å². The minimum absolute atomic E-state index is 0.0214. The summed E-state index contributed by atoms with van der Waals surface area (Å²) in [5, 5.41) is 0. The van der Waals surface area contributed by atoms with Crippen LogP contribution in [0.2, 0.25) is 0 Å². The van der Waals surface area contributed by atoms with Gasteiger partial charge in [-0.2, -0.15) is 0 Å². The minimum Gasteiger partial charge on any atom is -0.436 e. The Morgan fingerprint density at radius 1 is 0.889 bits per heavy atom. The van der Waals surface area contributed by atoms with Crippen LogP contribution in [0.3, 0.4) is 0 Å². The van der Waals surface area contributed by atoms with E-state index in [1.807, 2.05) is 41.3 Å². The van der Waals surface area contributed by atoms with Crippen LogP contribution in [0.15, 0.2) is 52.9 Å². The predicted octanol–water partition coefficient (Wildman–Crippen LogP) is 5.48. The van der Waals surface area contributed by atoms with Gasteiger partial charge in [-0.15, -0.1) is 0 Å². The Balaban J connectivity index is 1.25. The lowest BCUT2D eigenvalue weighted by Gasteiger charge is -2.36. The molecule has 186 valence electrons. The predicted molar refractivity (Wildman–Crippen MR) is 136 cm³/mol. The van der Waals surface area contributed by atoms with Crippen molar-refractivity contribution in [1.29, 1.82) is 0 Å². The smallest absolute Gasteiger partial charge is 0.257 e. The lowest BCUT2D eigenvalue weighted by molar-refractivity contribution is -0.145. The zero-order valence-electron chi connectivity index (χ0n) is 20.4. The van der Waals surface area contributed by atoms with Crippen molar-refractivity contribution in [3.63, 3.8) is 0 Å². The summed E-state index contributed by atoms with van der Waals surface area (Å²) in [5.41, 5.74) is 2.77. The van der Waals surface area contributed by atoms with Crippen LogP contribution in [0.4, 0.5) is 5.69 Å². The number of carbonyl (C=O) groups excluding carboxylic acids is 3. The molecule has 0 bridgehead atoms. The van der Waals surface area contributed by atoms with Crippen LogP contribution in [-0.2, 0) is 14.4 Å². The highest BCUT2D eigenvalue weighted by Gasteiger charge is 2.47. The van der Waals surface area contributed by atoms with Crippen molar-refractivity contribution in [3.8, 4) is 11.5 Å². The van der Waals surface area contributed by atoms with Gasteiger partial charge in [0.25, 0.3) is 5.91 Å². The van der Waals surface area contributed by atoms with Crippen LogP contribution in [0.5, 0.6) is 0 Å². The number of benzene rings is 2. The molecule has 2 saturated carbocycles. The third-order valence-corrected chi connectivity index (χ3v) is 8.05. The van der Waals surface area contributed by atoms with E-state index in [-0.39, 0.29) is 36.1 Å². The highest BCUT2D eigenvalue weighted by Crippen LogP contribution is 2.36. The summed E-state index contributed by atoms with van der Waals surface area (Å²) in [5.74, 6) is 0.0164. The molecule has 3 amide bonds. The van der Waals surface area contributed by atoms with E-state index >= 15 is 0 Å². The Bertz CT molecular complexity index is 1250. The number of aromatic nitrogens is 1. The monoisotopic (exact) mass is 485 g/mol. The zero-order valence-corrected chi connectivity index (χ0v) is 20.4. The van der Waals surface area contributed by atoms with E-state index in [2.05, 4.69) is 4.98 Å². The molecule has 0 N–H and O–H groups in total. The van der Waals surface area contributed by atoms with Crippen molar-refractivity contribution >= 4 is 34.5 Å². The Hall–Kier alpha value is -3.48. The summed E-state index contributed by atoms with van der Waals surface area (Å²) >= 11 is 0. The summed E-state index contributed by atoms with van der Waals surface area (Å²) in [4.78, 5) is 48.1. The summed E-state index contributed by atoms with van der Waals surface area (Å²) in [6.45, 7) is 0. The number of amides is 3. The first-order valence-corrected chi connectivity index (χ1v) is 13.2. The topological polar surface area (TPSA) is 83.7 Å². The number of hydrogen-bond acceptors (Lipinski definition) is 5. The summed E-state index contributed by atoms with van der Waals surface area (Å²) in [7, 11) is 0. The molecular weight excluding hydrogens is 454 g/mol. The molecule has 0 spiro atoms. The van der Waals surface area contributed by atoms with E-state index in [0.717, 1.165) is 62.4 Å². The quantitative estimate of drug-likeness (QED) is 0.447. The number of carbonyl (C=O) groups is 3. The van der Waals surface area contributed by atoms with Crippen molar-refractivity contribution in [3.05, 3.63) is 48.5 Å². The fourth-order valence-corrected chi connectivity index (χ4v) is 6.18. The van der Waals surface area contributed by atoms with Gasteiger partial charge in [0, 0.05) is 17.5 Å². The van der Waals surface area contributed by atoms with Crippen molar-refractivity contribution in [2.75, 3.05) is 4.90 Å². The molecule has 2 heterocycles. The van der Waals surface area contributed by atoms with Gasteiger partial charge < -0.3 is 9.32 Å². The lowest BCUT2D eigenvalue weighted by atomic mass is 9.87. The molecule has 1 saturated heterocycles. The maximum absolute atomic E-state index is 13.7. The van der Waals surface area contributed by atoms with E-state index in [1.165, 1.54) is 11.3 Å². The second-order valence-electron chi connectivity index (χ2n) is 10.3. The number of hydrogen-bond donors (Lipinski definition) is 0. The van der Waals surface area contributed by atoms with Gasteiger partial charge >= 0.3 is 0 Å². The fourth-order valence-electron chi connectivity index (χ4n) is 6.18. The van der Waals surface area contributed by atoms with Gasteiger partial charge in [-0.25, -0.2) is 9.88 Å². The number of fused-ring (bicyclic) bond motifs is 1. The van der Waals surface area contributed by atoms with Gasteiger partial charge in [0.2, 0.25) is 17.7 Å². The highest BCUT2D eigenvalue weighted by atomic mass is 16.3. The number of para-hydroxylation sites is 2. The van der Waals surface area contributed by atoms with Gasteiger partial charge in [-0.1, -0.05) is 44.2 Å². The number of oxazole rings is 1. The zero-order chi connectivity index (χ0) is 24.6. The van der Waals surface area contributed by atoms with E-state index in [4.69, 9.17) is 4.42 Å². The molecule has 1 aliphatic heterocycles. The maximum atomic E-state index is 13.7. The van der Waals surface area contributed by atoms with E-state index < -0.39 is 6.04 Å². The van der Waals surface area contributed by atoms with Gasteiger partial charge in [-0.3, -0.25) is 14.4 Å². The molecule has 0 radical (unpaired) electrons. The molecule has 3 fully saturated rings. The molecule has 7 nitrogen and oxygen atoms in total. The second kappa shape index (κ2) is 9.52. The third-order valence-electron chi connectivity index (χ3n) is 8.05. The van der Waals surface area contributed by atoms with Crippen LogP contribution >= 0.6 is 0 Å². The molecule has 2 aromatic carbocycles. The number of imide groups is 1. The van der Waals surface area contributed by atoms with Crippen LogP contribution in [0, 0.1) is 5.92 Å². The third kappa shape index (κ3) is 4.10. The molecule has 7 heteroatoms. The molecule has 2 aliphatic carbocycles. The Morgan fingerprint density at radius 3 is 2.31 bits per heavy atom. The molecule has 6 rings (SSSR count). The van der Waals surface area contributed by atoms with E-state index in [9.17, 15) is 14.4 Å². The van der Waals surface area contributed by atoms with Crippen molar-refractivity contribution in [1.82, 2.24) is 9.88 Å². The van der Waals surface area contributed by atoms with Gasteiger partial charge in [-0.05, 0) is 62.1 Å². The first-order valence-electron chi connectivity index (χ1n) is 13.2. The SMILES string of the molecule is O=C1CC(N(C(=O)C2CCCCC2)C2CCCC2)C(=O)N1c1ccc(-c2nc3ccccc3o2)cc1. The Morgan fingerprint density at radius 2 is 1.58 bits per heavy atom. The van der Waals surface area contributed by atoms with Crippen LogP contribution in [0.25, 0.3) is 22.6 Å². The lowest BCUT2D eigenvalue weighted by Crippen LogP contribution is -2.52. The average Bonchev–Trinajstić information content (AvgIpc) is 3.65. The van der Waals surface area contributed by atoms with E-state index in [0.29, 0.717) is 17.2 Å². The largest absolute Gasteiger partial charge is 0.436 e. The number of anilines is 1. The first kappa shape index (κ1) is 23.0. The summed E-state index contributed by atoms with van der Waals surface area (Å²) in [6.07, 6.45) is 9.07. The van der Waals surface area contributed by atoms with Gasteiger partial charge in [0.05, 0.1) is 12.1 Å². The number of nitrogens with zero attached hydrogens (tertiary/aromatic N) is 3. The molecule has 3 aromatic rings. The normalized spacial score (nSPS) is 21.6. The van der Waals surface area contributed by atoms with Crippen LogP contribution < -0.4 is 4.90 Å². The second-order valence-corrected chi connectivity index (χ2v) is 10.3. The molecule has 3 aliphatic rings. The highest BCUT2D eigenvalue weighted by molar-refractivity contribution is 6.23. The average molecular weight is 486 g/mol. The standard InChI is InChI=1S/C29H31N3O4/c33-26-18-24(31(21-10-4-5-11-21)28(34)20-8-2-1-3-9-20)29(35)32(26)22-16-14-19(15-17-22)27-30-23-12-6-7-13-25(23)36-27/h6-7,12-17,20-21,24H,1-5,8-11,18H2.